The van der Waals surface area contributed by atoms with Crippen molar-refractivity contribution in [2.24, 2.45) is 0 Å². The molecule has 0 aliphatic heterocycles. The van der Waals surface area contributed by atoms with Gasteiger partial charge in [0, 0.05) is 10.6 Å². The molecular formula is C13H10ClNO2S. The first kappa shape index (κ1) is 12.9. The van der Waals surface area contributed by atoms with Crippen molar-refractivity contribution < 1.29 is 9.90 Å². The van der Waals surface area contributed by atoms with Gasteiger partial charge in [0.15, 0.2) is 0 Å². The highest BCUT2D eigenvalue weighted by Gasteiger charge is 2.09. The molecule has 2 rings (SSSR count). The first-order chi connectivity index (χ1) is 8.56. The number of aromatic nitrogens is 1. The molecule has 1 N–H and O–H groups in total. The summed E-state index contributed by atoms with van der Waals surface area (Å²) in [5, 5.41) is 10.2. The summed E-state index contributed by atoms with van der Waals surface area (Å²) >= 11 is 7.40. The predicted octanol–water partition coefficient (Wildman–Crippen LogP) is 3.89. The summed E-state index contributed by atoms with van der Waals surface area (Å²) in [6.45, 7) is 1.77. The molecule has 0 atom stereocenters. The van der Waals surface area contributed by atoms with E-state index in [0.717, 1.165) is 4.90 Å². The molecule has 0 spiro atoms. The molecule has 1 aromatic carbocycles. The lowest BCUT2D eigenvalue weighted by Crippen LogP contribution is -1.99. The van der Waals surface area contributed by atoms with Crippen LogP contribution in [-0.2, 0) is 0 Å². The fraction of sp³-hybridized carbons (Fsp3) is 0.0769. The third-order valence-corrected chi connectivity index (χ3v) is 3.66. The lowest BCUT2D eigenvalue weighted by Gasteiger charge is -2.05. The van der Waals surface area contributed by atoms with Gasteiger partial charge in [-0.25, -0.2) is 9.78 Å². The molecule has 1 heterocycles. The van der Waals surface area contributed by atoms with Crippen LogP contribution in [0.25, 0.3) is 0 Å². The van der Waals surface area contributed by atoms with E-state index in [0.29, 0.717) is 15.7 Å². The summed E-state index contributed by atoms with van der Waals surface area (Å²) in [6.07, 6.45) is 0. The van der Waals surface area contributed by atoms with Gasteiger partial charge in [0.25, 0.3) is 0 Å². The van der Waals surface area contributed by atoms with Gasteiger partial charge in [0.1, 0.15) is 5.03 Å². The average Bonchev–Trinajstić information content (AvgIpc) is 2.31. The van der Waals surface area contributed by atoms with Crippen LogP contribution in [0.3, 0.4) is 0 Å². The van der Waals surface area contributed by atoms with E-state index >= 15 is 0 Å². The number of hydrogen-bond donors (Lipinski definition) is 1. The van der Waals surface area contributed by atoms with E-state index in [1.165, 1.54) is 11.8 Å². The number of hydrogen-bond acceptors (Lipinski definition) is 3. The van der Waals surface area contributed by atoms with E-state index in [4.69, 9.17) is 16.7 Å². The van der Waals surface area contributed by atoms with E-state index in [1.807, 2.05) is 18.2 Å². The van der Waals surface area contributed by atoms with E-state index in [-0.39, 0.29) is 5.56 Å². The fourth-order valence-corrected chi connectivity index (χ4v) is 2.62. The van der Waals surface area contributed by atoms with Gasteiger partial charge in [-0.15, -0.1) is 0 Å². The Hall–Kier alpha value is -1.52. The standard InChI is InChI=1S/C13H10ClNO2S/c1-8-6-9(13(16)17)7-12(15-8)18-11-5-3-2-4-10(11)14/h2-7H,1H3,(H,16,17). The molecule has 0 amide bonds. The molecule has 18 heavy (non-hydrogen) atoms. The SMILES string of the molecule is Cc1cc(C(=O)O)cc(Sc2ccccc2Cl)n1. The number of aromatic carboxylic acids is 1. The summed E-state index contributed by atoms with van der Waals surface area (Å²) in [6, 6.07) is 10.5. The summed E-state index contributed by atoms with van der Waals surface area (Å²) in [5.74, 6) is -0.957. The Labute approximate surface area is 114 Å². The molecular weight excluding hydrogens is 270 g/mol. The van der Waals surface area contributed by atoms with Crippen LogP contribution >= 0.6 is 23.4 Å². The lowest BCUT2D eigenvalue weighted by molar-refractivity contribution is 0.0696. The highest BCUT2D eigenvalue weighted by molar-refractivity contribution is 7.99. The number of aryl methyl sites for hydroxylation is 1. The van der Waals surface area contributed by atoms with Crippen molar-refractivity contribution in [2.45, 2.75) is 16.8 Å². The minimum absolute atomic E-state index is 0.233. The largest absolute Gasteiger partial charge is 0.478 e. The van der Waals surface area contributed by atoms with Crippen LogP contribution in [0.4, 0.5) is 0 Å². The molecule has 0 bridgehead atoms. The number of carboxylic acids is 1. The van der Waals surface area contributed by atoms with Gasteiger partial charge < -0.3 is 5.11 Å². The fourth-order valence-electron chi connectivity index (χ4n) is 1.45. The van der Waals surface area contributed by atoms with E-state index in [9.17, 15) is 4.79 Å². The Morgan fingerprint density at radius 1 is 1.33 bits per heavy atom. The topological polar surface area (TPSA) is 50.2 Å². The normalized spacial score (nSPS) is 10.3. The first-order valence-corrected chi connectivity index (χ1v) is 6.40. The molecule has 0 saturated heterocycles. The maximum atomic E-state index is 11.0. The van der Waals surface area contributed by atoms with Crippen LogP contribution in [0.2, 0.25) is 5.02 Å². The van der Waals surface area contributed by atoms with Gasteiger partial charge in [0.05, 0.1) is 10.6 Å². The quantitative estimate of drug-likeness (QED) is 0.926. The number of rotatable bonds is 3. The maximum absolute atomic E-state index is 11.0. The highest BCUT2D eigenvalue weighted by Crippen LogP contribution is 2.32. The third kappa shape index (κ3) is 3.03. The van der Waals surface area contributed by atoms with Gasteiger partial charge in [-0.2, -0.15) is 0 Å². The van der Waals surface area contributed by atoms with Gasteiger partial charge in [-0.05, 0) is 31.2 Å². The van der Waals surface area contributed by atoms with Crippen molar-refractivity contribution in [3.8, 4) is 0 Å². The summed E-state index contributed by atoms with van der Waals surface area (Å²) < 4.78 is 0. The molecule has 92 valence electrons. The van der Waals surface area contributed by atoms with E-state index in [1.54, 1.807) is 25.1 Å². The lowest BCUT2D eigenvalue weighted by atomic mass is 10.2. The van der Waals surface area contributed by atoms with Crippen LogP contribution in [0.15, 0.2) is 46.3 Å². The number of pyridine rings is 1. The highest BCUT2D eigenvalue weighted by atomic mass is 35.5. The molecule has 0 radical (unpaired) electrons. The van der Waals surface area contributed by atoms with Crippen molar-refractivity contribution in [3.05, 3.63) is 52.7 Å². The summed E-state index contributed by atoms with van der Waals surface area (Å²) in [4.78, 5) is 16.1. The van der Waals surface area contributed by atoms with Crippen LogP contribution in [0.5, 0.6) is 0 Å². The number of benzene rings is 1. The van der Waals surface area contributed by atoms with Crippen molar-refractivity contribution in [3.63, 3.8) is 0 Å². The third-order valence-electron chi connectivity index (χ3n) is 2.23. The van der Waals surface area contributed by atoms with Gasteiger partial charge >= 0.3 is 5.97 Å². The predicted molar refractivity (Wildman–Crippen MR) is 71.5 cm³/mol. The molecule has 0 aliphatic rings. The van der Waals surface area contributed by atoms with Crippen molar-refractivity contribution in [2.75, 3.05) is 0 Å². The number of carbonyl (C=O) groups is 1. The molecule has 0 aliphatic carbocycles. The molecule has 0 saturated carbocycles. The molecule has 5 heteroatoms. The van der Waals surface area contributed by atoms with Crippen LogP contribution in [0.1, 0.15) is 16.1 Å². The zero-order chi connectivity index (χ0) is 13.1. The van der Waals surface area contributed by atoms with Gasteiger partial charge in [-0.3, -0.25) is 0 Å². The molecule has 0 fully saturated rings. The van der Waals surface area contributed by atoms with Crippen LogP contribution in [0, 0.1) is 6.92 Å². The zero-order valence-corrected chi connectivity index (χ0v) is 11.1. The van der Waals surface area contributed by atoms with Crippen molar-refractivity contribution in [1.29, 1.82) is 0 Å². The van der Waals surface area contributed by atoms with Gasteiger partial charge in [0.2, 0.25) is 0 Å². The Kier molecular flexibility index (Phi) is 3.89. The van der Waals surface area contributed by atoms with Crippen molar-refractivity contribution in [1.82, 2.24) is 4.98 Å². The van der Waals surface area contributed by atoms with Crippen LogP contribution < -0.4 is 0 Å². The maximum Gasteiger partial charge on any atom is 0.335 e. The smallest absolute Gasteiger partial charge is 0.335 e. The van der Waals surface area contributed by atoms with E-state index < -0.39 is 5.97 Å². The van der Waals surface area contributed by atoms with E-state index in [2.05, 4.69) is 4.98 Å². The molecule has 0 unspecified atom stereocenters. The van der Waals surface area contributed by atoms with Gasteiger partial charge in [-0.1, -0.05) is 35.5 Å². The second-order valence-corrected chi connectivity index (χ2v) is 5.14. The Morgan fingerprint density at radius 2 is 2.06 bits per heavy atom. The second kappa shape index (κ2) is 5.42. The summed E-state index contributed by atoms with van der Waals surface area (Å²) in [7, 11) is 0. The van der Waals surface area contributed by atoms with Crippen LogP contribution in [-0.4, -0.2) is 16.1 Å². The van der Waals surface area contributed by atoms with Crippen molar-refractivity contribution >= 4 is 29.3 Å². The summed E-state index contributed by atoms with van der Waals surface area (Å²) in [5.41, 5.74) is 0.904. The molecule has 3 nitrogen and oxygen atoms in total. The number of carboxylic acid groups (broad SMARTS) is 1. The monoisotopic (exact) mass is 279 g/mol. The minimum atomic E-state index is -0.957. The Bertz CT molecular complexity index is 601. The molecule has 1 aromatic heterocycles. The second-order valence-electron chi connectivity index (χ2n) is 3.67. The Morgan fingerprint density at radius 3 is 2.72 bits per heavy atom. The average molecular weight is 280 g/mol. The Balaban J connectivity index is 2.35. The minimum Gasteiger partial charge on any atom is -0.478 e. The molecule has 2 aromatic rings. The number of halogens is 1. The zero-order valence-electron chi connectivity index (χ0n) is 9.55. The first-order valence-electron chi connectivity index (χ1n) is 5.20. The number of nitrogens with zero attached hydrogens (tertiary/aromatic N) is 1.